The summed E-state index contributed by atoms with van der Waals surface area (Å²) in [7, 11) is 0. The highest BCUT2D eigenvalue weighted by molar-refractivity contribution is 5.68. The van der Waals surface area contributed by atoms with Crippen LogP contribution in [0, 0.1) is 10.1 Å². The van der Waals surface area contributed by atoms with Gasteiger partial charge in [-0.15, -0.1) is 0 Å². The highest BCUT2D eigenvalue weighted by Gasteiger charge is 2.68. The molecule has 3 aliphatic rings. The van der Waals surface area contributed by atoms with Crippen molar-refractivity contribution in [3.8, 4) is 5.75 Å². The van der Waals surface area contributed by atoms with E-state index in [0.717, 1.165) is 12.8 Å². The van der Waals surface area contributed by atoms with Gasteiger partial charge in [0.15, 0.2) is 0 Å². The molecule has 2 fully saturated rings. The molecule has 4 unspecified atom stereocenters. The predicted octanol–water partition coefficient (Wildman–Crippen LogP) is 1.78. The molecule has 7 heteroatoms. The van der Waals surface area contributed by atoms with Crippen molar-refractivity contribution in [3.63, 3.8) is 0 Å². The monoisotopic (exact) mass is 292 g/mol. The molecule has 0 radical (unpaired) electrons. The number of anilines is 1. The Kier molecular flexibility index (Phi) is 2.24. The van der Waals surface area contributed by atoms with Crippen molar-refractivity contribution in [1.82, 2.24) is 0 Å². The van der Waals surface area contributed by atoms with Gasteiger partial charge in [0.05, 0.1) is 16.7 Å². The number of ether oxygens (including phenoxy) is 2. The Morgan fingerprint density at radius 1 is 1.48 bits per heavy atom. The van der Waals surface area contributed by atoms with E-state index in [4.69, 9.17) is 9.47 Å². The summed E-state index contributed by atoms with van der Waals surface area (Å²) in [5.41, 5.74) is -0.535. The summed E-state index contributed by atoms with van der Waals surface area (Å²) in [4.78, 5) is 12.3. The number of hydrogen-bond acceptors (Lipinski definition) is 6. The van der Waals surface area contributed by atoms with Crippen molar-refractivity contribution in [2.75, 3.05) is 4.90 Å². The first-order chi connectivity index (χ1) is 9.87. The number of nitro benzene ring substituents is 1. The van der Waals surface area contributed by atoms with Crippen LogP contribution < -0.4 is 9.64 Å². The number of benzene rings is 1. The van der Waals surface area contributed by atoms with Crippen molar-refractivity contribution < 1.29 is 19.5 Å². The fourth-order valence-electron chi connectivity index (χ4n) is 3.99. The van der Waals surface area contributed by atoms with Crippen LogP contribution >= 0.6 is 0 Å². The zero-order chi connectivity index (χ0) is 15.0. The number of aliphatic hydroxyl groups is 1. The summed E-state index contributed by atoms with van der Waals surface area (Å²) in [6, 6.07) is 4.45. The van der Waals surface area contributed by atoms with Gasteiger partial charge in [0.1, 0.15) is 16.9 Å². The first-order valence-electron chi connectivity index (χ1n) is 6.97. The van der Waals surface area contributed by atoms with Crippen LogP contribution in [0.4, 0.5) is 11.4 Å². The molecule has 112 valence electrons. The maximum Gasteiger partial charge on any atom is 0.271 e. The number of aliphatic hydroxyl groups excluding tert-OH is 1. The Morgan fingerprint density at radius 2 is 2.24 bits per heavy atom. The largest absolute Gasteiger partial charge is 0.483 e. The van der Waals surface area contributed by atoms with Crippen LogP contribution in [-0.4, -0.2) is 33.7 Å². The van der Waals surface area contributed by atoms with E-state index in [-0.39, 0.29) is 11.8 Å². The van der Waals surface area contributed by atoms with E-state index in [2.05, 4.69) is 0 Å². The Bertz CT molecular complexity index is 650. The first kappa shape index (κ1) is 12.8. The third-order valence-corrected chi connectivity index (χ3v) is 5.34. The highest BCUT2D eigenvalue weighted by atomic mass is 16.7. The molecule has 1 saturated carbocycles. The summed E-state index contributed by atoms with van der Waals surface area (Å²) in [6.45, 7) is 3.99. The molecule has 0 aromatic heterocycles. The van der Waals surface area contributed by atoms with Gasteiger partial charge >= 0.3 is 0 Å². The smallest absolute Gasteiger partial charge is 0.271 e. The van der Waals surface area contributed by atoms with E-state index in [9.17, 15) is 15.2 Å². The van der Waals surface area contributed by atoms with Crippen LogP contribution in [0.1, 0.15) is 26.7 Å². The molecule has 1 aliphatic carbocycles. The lowest BCUT2D eigenvalue weighted by Gasteiger charge is -2.51. The fourth-order valence-corrected chi connectivity index (χ4v) is 3.99. The van der Waals surface area contributed by atoms with Crippen molar-refractivity contribution in [3.05, 3.63) is 28.3 Å². The van der Waals surface area contributed by atoms with Gasteiger partial charge in [0.25, 0.3) is 5.69 Å². The molecule has 2 aliphatic heterocycles. The van der Waals surface area contributed by atoms with Crippen molar-refractivity contribution in [1.29, 1.82) is 0 Å². The molecule has 1 aromatic carbocycles. The lowest BCUT2D eigenvalue weighted by molar-refractivity contribution is -0.384. The average Bonchev–Trinajstić information content (AvgIpc) is 2.83. The zero-order valence-corrected chi connectivity index (χ0v) is 11.8. The van der Waals surface area contributed by atoms with Gasteiger partial charge in [-0.1, -0.05) is 0 Å². The SMILES string of the molecule is CC12CCC3OC(O)N(c4cc([N+](=O)[O-])ccc4O1)C32C. The summed E-state index contributed by atoms with van der Waals surface area (Å²) < 4.78 is 11.8. The first-order valence-corrected chi connectivity index (χ1v) is 6.97. The van der Waals surface area contributed by atoms with Crippen LogP contribution in [0.15, 0.2) is 18.2 Å². The lowest BCUT2D eigenvalue weighted by Crippen LogP contribution is -2.65. The standard InChI is InChI=1S/C14H16N2O5/c1-13-6-5-11-14(13,2)15(12(17)20-11)9-7-8(16(18)19)3-4-10(9)21-13/h3-4,7,11-12,17H,5-6H2,1-2H3. The Balaban J connectivity index is 1.93. The third-order valence-electron chi connectivity index (χ3n) is 5.34. The molecule has 7 nitrogen and oxygen atoms in total. The second-order valence-electron chi connectivity index (χ2n) is 6.25. The Morgan fingerprint density at radius 3 is 2.95 bits per heavy atom. The quantitative estimate of drug-likeness (QED) is 0.627. The molecule has 21 heavy (non-hydrogen) atoms. The van der Waals surface area contributed by atoms with E-state index >= 15 is 0 Å². The van der Waals surface area contributed by atoms with Gasteiger partial charge in [-0.05, 0) is 32.8 Å². The minimum Gasteiger partial charge on any atom is -0.483 e. The van der Waals surface area contributed by atoms with Crippen LogP contribution in [0.2, 0.25) is 0 Å². The molecule has 1 saturated heterocycles. The van der Waals surface area contributed by atoms with Crippen molar-refractivity contribution in [2.24, 2.45) is 0 Å². The van der Waals surface area contributed by atoms with Crippen LogP contribution in [0.5, 0.6) is 5.75 Å². The number of hydrogen-bond donors (Lipinski definition) is 1. The molecule has 0 spiro atoms. The summed E-state index contributed by atoms with van der Waals surface area (Å²) in [6.07, 6.45) is 0.346. The molecular weight excluding hydrogens is 276 g/mol. The topological polar surface area (TPSA) is 85.1 Å². The van der Waals surface area contributed by atoms with Crippen molar-refractivity contribution >= 4 is 11.4 Å². The fraction of sp³-hybridized carbons (Fsp3) is 0.571. The van der Waals surface area contributed by atoms with Crippen LogP contribution in [0.3, 0.4) is 0 Å². The summed E-state index contributed by atoms with van der Waals surface area (Å²) in [5, 5.41) is 21.3. The maximum atomic E-state index is 11.0. The average molecular weight is 292 g/mol. The third kappa shape index (κ3) is 1.35. The van der Waals surface area contributed by atoms with E-state index < -0.39 is 22.5 Å². The Hall–Kier alpha value is -1.86. The number of nitro groups is 1. The van der Waals surface area contributed by atoms with Crippen LogP contribution in [0.25, 0.3) is 0 Å². The van der Waals surface area contributed by atoms with Gasteiger partial charge in [-0.2, -0.15) is 0 Å². The summed E-state index contributed by atoms with van der Waals surface area (Å²) >= 11 is 0. The highest BCUT2D eigenvalue weighted by Crippen LogP contribution is 2.58. The number of non-ortho nitro benzene ring substituents is 1. The normalized spacial score (nSPS) is 39.7. The van der Waals surface area contributed by atoms with E-state index in [1.165, 1.54) is 12.1 Å². The van der Waals surface area contributed by atoms with Gasteiger partial charge in [-0.25, -0.2) is 0 Å². The molecule has 1 N–H and O–H groups in total. The molecule has 0 amide bonds. The minimum atomic E-state index is -1.11. The molecule has 1 aromatic rings. The second kappa shape index (κ2) is 3.66. The molecular formula is C14H16N2O5. The maximum absolute atomic E-state index is 11.0. The molecule has 2 heterocycles. The minimum absolute atomic E-state index is 0.0294. The second-order valence-corrected chi connectivity index (χ2v) is 6.25. The van der Waals surface area contributed by atoms with E-state index in [1.54, 1.807) is 11.0 Å². The van der Waals surface area contributed by atoms with E-state index in [1.807, 2.05) is 13.8 Å². The number of fused-ring (bicyclic) bond motifs is 2. The number of rotatable bonds is 1. The number of nitrogens with zero attached hydrogens (tertiary/aromatic N) is 2. The molecule has 4 atom stereocenters. The Labute approximate surface area is 121 Å². The predicted molar refractivity (Wildman–Crippen MR) is 73.1 cm³/mol. The molecule has 4 rings (SSSR count). The van der Waals surface area contributed by atoms with Crippen molar-refractivity contribution in [2.45, 2.75) is 50.3 Å². The van der Waals surface area contributed by atoms with Gasteiger partial charge in [0, 0.05) is 12.1 Å². The lowest BCUT2D eigenvalue weighted by atomic mass is 9.81. The van der Waals surface area contributed by atoms with Gasteiger partial charge in [0.2, 0.25) is 6.41 Å². The zero-order valence-electron chi connectivity index (χ0n) is 11.8. The molecule has 0 bridgehead atoms. The van der Waals surface area contributed by atoms with E-state index in [0.29, 0.717) is 11.4 Å². The van der Waals surface area contributed by atoms with Gasteiger partial charge in [-0.3, -0.25) is 10.1 Å². The van der Waals surface area contributed by atoms with Gasteiger partial charge < -0.3 is 19.5 Å². The van der Waals surface area contributed by atoms with Crippen LogP contribution in [-0.2, 0) is 4.74 Å². The summed E-state index contributed by atoms with van der Waals surface area (Å²) in [5.74, 6) is 0.547.